The van der Waals surface area contributed by atoms with Crippen LogP contribution in [0.1, 0.15) is 136 Å². The topological polar surface area (TPSA) is 17.1 Å². The molecule has 0 N–H and O–H groups in total. The van der Waals surface area contributed by atoms with Crippen molar-refractivity contribution in [3.63, 3.8) is 0 Å². The van der Waals surface area contributed by atoms with E-state index < -0.39 is 0 Å². The van der Waals surface area contributed by atoms with Crippen LogP contribution in [-0.4, -0.2) is 5.78 Å². The van der Waals surface area contributed by atoms with Crippen LogP contribution in [0.2, 0.25) is 0 Å². The summed E-state index contributed by atoms with van der Waals surface area (Å²) in [6, 6.07) is 0. The molecular weight excluding hydrogens is 292 g/mol. The molecule has 0 aliphatic heterocycles. The molecule has 0 aromatic carbocycles. The number of carbonyl (C=O) groups excluding carboxylic acids is 1. The number of unbranched alkanes of at least 4 members (excludes halogenated alkanes) is 12. The predicted molar refractivity (Wildman–Crippen MR) is 109 cm³/mol. The Balaban J connectivity index is 3.42. The summed E-state index contributed by atoms with van der Waals surface area (Å²) in [5.74, 6) is 0.917. The number of hydrogen-bond donors (Lipinski definition) is 0. The normalized spacial score (nSPS) is 12.5. The Morgan fingerprint density at radius 2 is 1.00 bits per heavy atom. The molecule has 0 rings (SSSR count). The first-order chi connectivity index (χ1) is 11.8. The zero-order valence-corrected chi connectivity index (χ0v) is 17.2. The quantitative estimate of drug-likeness (QED) is 0.217. The minimum Gasteiger partial charge on any atom is -0.299 e. The highest BCUT2D eigenvalue weighted by atomic mass is 16.1. The third-order valence-corrected chi connectivity index (χ3v) is 5.28. The van der Waals surface area contributed by atoms with Crippen molar-refractivity contribution in [3.05, 3.63) is 0 Å². The number of rotatable bonds is 19. The highest BCUT2D eigenvalue weighted by molar-refractivity contribution is 5.80. The lowest BCUT2D eigenvalue weighted by molar-refractivity contribution is -0.123. The van der Waals surface area contributed by atoms with E-state index in [-0.39, 0.29) is 0 Å². The van der Waals surface area contributed by atoms with Crippen LogP contribution in [-0.2, 0) is 4.79 Å². The molecule has 0 aromatic heterocycles. The van der Waals surface area contributed by atoms with Crippen LogP contribution in [0.5, 0.6) is 0 Å². The molecule has 0 fully saturated rings. The fourth-order valence-electron chi connectivity index (χ4n) is 3.61. The first kappa shape index (κ1) is 23.7. The van der Waals surface area contributed by atoms with Gasteiger partial charge < -0.3 is 0 Å². The maximum absolute atomic E-state index is 12.3. The van der Waals surface area contributed by atoms with Crippen LogP contribution in [0.4, 0.5) is 0 Å². The molecule has 144 valence electrons. The molecule has 1 atom stereocenters. The summed E-state index contributed by atoms with van der Waals surface area (Å²) in [6.07, 6.45) is 23.1. The van der Waals surface area contributed by atoms with Gasteiger partial charge >= 0.3 is 0 Å². The fraction of sp³-hybridized carbons (Fsp3) is 0.957. The summed E-state index contributed by atoms with van der Waals surface area (Å²) in [4.78, 5) is 12.3. The summed E-state index contributed by atoms with van der Waals surface area (Å²) in [7, 11) is 0. The molecule has 0 aliphatic rings. The Hall–Kier alpha value is -0.330. The van der Waals surface area contributed by atoms with Gasteiger partial charge in [-0.15, -0.1) is 0 Å². The summed E-state index contributed by atoms with van der Waals surface area (Å²) in [5, 5.41) is 0. The van der Waals surface area contributed by atoms with Crippen molar-refractivity contribution in [3.8, 4) is 0 Å². The fourth-order valence-corrected chi connectivity index (χ4v) is 3.61. The lowest BCUT2D eigenvalue weighted by Gasteiger charge is -2.14. The number of hydrogen-bond acceptors (Lipinski definition) is 1. The highest BCUT2D eigenvalue weighted by Crippen LogP contribution is 2.19. The Bertz CT molecular complexity index is 259. The first-order valence-electron chi connectivity index (χ1n) is 11.3. The van der Waals surface area contributed by atoms with Crippen molar-refractivity contribution in [2.24, 2.45) is 5.92 Å². The van der Waals surface area contributed by atoms with E-state index in [1.165, 1.54) is 83.5 Å². The van der Waals surface area contributed by atoms with E-state index in [4.69, 9.17) is 0 Å². The van der Waals surface area contributed by atoms with Gasteiger partial charge in [-0.1, -0.05) is 111 Å². The van der Waals surface area contributed by atoms with Gasteiger partial charge in [0, 0.05) is 12.3 Å². The van der Waals surface area contributed by atoms with Gasteiger partial charge in [0.25, 0.3) is 0 Å². The number of ketones is 1. The van der Waals surface area contributed by atoms with E-state index in [1.54, 1.807) is 0 Å². The zero-order valence-electron chi connectivity index (χ0n) is 17.2. The Kier molecular flexibility index (Phi) is 18.7. The SMILES string of the molecule is CCCCCCCCCCCCCCC(=O)C(CCC)CCCC. The van der Waals surface area contributed by atoms with E-state index in [0.29, 0.717) is 11.7 Å². The van der Waals surface area contributed by atoms with Crippen molar-refractivity contribution in [1.29, 1.82) is 0 Å². The van der Waals surface area contributed by atoms with Gasteiger partial charge in [0.2, 0.25) is 0 Å². The molecule has 0 amide bonds. The lowest BCUT2D eigenvalue weighted by atomic mass is 9.90. The molecule has 0 bridgehead atoms. The van der Waals surface area contributed by atoms with Gasteiger partial charge in [0.05, 0.1) is 0 Å². The molecule has 0 radical (unpaired) electrons. The second-order valence-electron chi connectivity index (χ2n) is 7.73. The van der Waals surface area contributed by atoms with Crippen LogP contribution >= 0.6 is 0 Å². The van der Waals surface area contributed by atoms with Crippen molar-refractivity contribution in [2.75, 3.05) is 0 Å². The van der Waals surface area contributed by atoms with E-state index in [2.05, 4.69) is 20.8 Å². The van der Waals surface area contributed by atoms with Gasteiger partial charge in [-0.25, -0.2) is 0 Å². The van der Waals surface area contributed by atoms with Crippen molar-refractivity contribution in [2.45, 2.75) is 136 Å². The summed E-state index contributed by atoms with van der Waals surface area (Å²) in [5.41, 5.74) is 0. The van der Waals surface area contributed by atoms with Crippen LogP contribution in [0.25, 0.3) is 0 Å². The zero-order chi connectivity index (χ0) is 17.9. The van der Waals surface area contributed by atoms with Crippen LogP contribution in [0, 0.1) is 5.92 Å². The second-order valence-corrected chi connectivity index (χ2v) is 7.73. The van der Waals surface area contributed by atoms with E-state index >= 15 is 0 Å². The molecule has 0 aromatic rings. The number of Topliss-reactive ketones (excluding diaryl/α,β-unsaturated/α-hetero) is 1. The molecule has 1 unspecified atom stereocenters. The third-order valence-electron chi connectivity index (χ3n) is 5.28. The van der Waals surface area contributed by atoms with Crippen molar-refractivity contribution < 1.29 is 4.79 Å². The van der Waals surface area contributed by atoms with Gasteiger partial charge in [0.1, 0.15) is 5.78 Å². The monoisotopic (exact) mass is 338 g/mol. The van der Waals surface area contributed by atoms with Gasteiger partial charge in [0.15, 0.2) is 0 Å². The first-order valence-corrected chi connectivity index (χ1v) is 11.3. The number of carbonyl (C=O) groups is 1. The Morgan fingerprint density at radius 1 is 0.542 bits per heavy atom. The third kappa shape index (κ3) is 15.2. The maximum Gasteiger partial charge on any atom is 0.135 e. The van der Waals surface area contributed by atoms with Crippen molar-refractivity contribution >= 4 is 5.78 Å². The largest absolute Gasteiger partial charge is 0.299 e. The summed E-state index contributed by atoms with van der Waals surface area (Å²) < 4.78 is 0. The van der Waals surface area contributed by atoms with Crippen molar-refractivity contribution in [1.82, 2.24) is 0 Å². The molecule has 0 saturated heterocycles. The molecular formula is C23H46O. The highest BCUT2D eigenvalue weighted by Gasteiger charge is 2.16. The molecule has 0 spiro atoms. The maximum atomic E-state index is 12.3. The van der Waals surface area contributed by atoms with E-state index in [1.807, 2.05) is 0 Å². The molecule has 0 aliphatic carbocycles. The van der Waals surface area contributed by atoms with E-state index in [0.717, 1.165) is 32.1 Å². The Labute approximate surface area is 153 Å². The van der Waals surface area contributed by atoms with Gasteiger partial charge in [-0.3, -0.25) is 4.79 Å². The minimum absolute atomic E-state index is 0.364. The lowest BCUT2D eigenvalue weighted by Crippen LogP contribution is -2.14. The second kappa shape index (κ2) is 19.0. The minimum atomic E-state index is 0.364. The molecule has 0 saturated carbocycles. The van der Waals surface area contributed by atoms with Crippen LogP contribution in [0.15, 0.2) is 0 Å². The molecule has 24 heavy (non-hydrogen) atoms. The van der Waals surface area contributed by atoms with Crippen LogP contribution < -0.4 is 0 Å². The molecule has 0 heterocycles. The van der Waals surface area contributed by atoms with E-state index in [9.17, 15) is 4.79 Å². The summed E-state index contributed by atoms with van der Waals surface area (Å²) >= 11 is 0. The summed E-state index contributed by atoms with van der Waals surface area (Å²) in [6.45, 7) is 6.71. The van der Waals surface area contributed by atoms with Gasteiger partial charge in [-0.05, 0) is 19.3 Å². The van der Waals surface area contributed by atoms with Crippen LogP contribution in [0.3, 0.4) is 0 Å². The smallest absolute Gasteiger partial charge is 0.135 e. The molecule has 1 nitrogen and oxygen atoms in total. The average molecular weight is 339 g/mol. The van der Waals surface area contributed by atoms with Gasteiger partial charge in [-0.2, -0.15) is 0 Å². The average Bonchev–Trinajstić information content (AvgIpc) is 2.59. The Morgan fingerprint density at radius 3 is 1.46 bits per heavy atom. The molecule has 1 heteroatoms. The standard InChI is InChI=1S/C23H46O/c1-4-7-9-10-11-12-13-14-15-16-17-18-21-23(24)22(19-6-3)20-8-5-2/h22H,4-21H2,1-3H3. The predicted octanol–water partition coefficient (Wildman–Crippen LogP) is 8.25.